The molecule has 100 valence electrons. The Balaban J connectivity index is 1.78. The molecule has 3 rings (SSSR count). The number of nitrogens with zero attached hydrogens (tertiary/aromatic N) is 4. The van der Waals surface area contributed by atoms with E-state index in [0.717, 1.165) is 42.4 Å². The van der Waals surface area contributed by atoms with Crippen molar-refractivity contribution in [1.82, 2.24) is 20.0 Å². The van der Waals surface area contributed by atoms with E-state index in [1.807, 2.05) is 26.1 Å². The lowest BCUT2D eigenvalue weighted by molar-refractivity contribution is 0.235. The number of hydrogen-bond donors (Lipinski definition) is 0. The van der Waals surface area contributed by atoms with Crippen LogP contribution < -0.4 is 0 Å². The number of hydrogen-bond acceptors (Lipinski definition) is 5. The van der Waals surface area contributed by atoms with Crippen molar-refractivity contribution < 1.29 is 4.52 Å². The predicted molar refractivity (Wildman–Crippen MR) is 70.4 cm³/mol. The molecule has 5 nitrogen and oxygen atoms in total. The van der Waals surface area contributed by atoms with Crippen molar-refractivity contribution in [2.24, 2.45) is 0 Å². The van der Waals surface area contributed by atoms with Crippen molar-refractivity contribution in [2.75, 3.05) is 6.54 Å². The van der Waals surface area contributed by atoms with Crippen LogP contribution in [-0.2, 0) is 6.54 Å². The van der Waals surface area contributed by atoms with E-state index in [4.69, 9.17) is 4.52 Å². The summed E-state index contributed by atoms with van der Waals surface area (Å²) in [6.45, 7) is 5.80. The minimum absolute atomic E-state index is 0.351. The summed E-state index contributed by atoms with van der Waals surface area (Å²) >= 11 is 0. The zero-order chi connectivity index (χ0) is 13.2. The predicted octanol–water partition coefficient (Wildman–Crippen LogP) is 2.42. The van der Waals surface area contributed by atoms with Crippen LogP contribution in [0.4, 0.5) is 0 Å². The molecular weight excluding hydrogens is 240 g/mol. The summed E-state index contributed by atoms with van der Waals surface area (Å²) in [6, 6.07) is 2.35. The first-order valence-electron chi connectivity index (χ1n) is 6.67. The van der Waals surface area contributed by atoms with Gasteiger partial charge in [0.2, 0.25) is 0 Å². The van der Waals surface area contributed by atoms with E-state index in [2.05, 4.69) is 20.0 Å². The fourth-order valence-corrected chi connectivity index (χ4v) is 2.69. The van der Waals surface area contributed by atoms with Crippen LogP contribution in [-0.4, -0.2) is 26.6 Å². The van der Waals surface area contributed by atoms with Crippen molar-refractivity contribution >= 4 is 0 Å². The van der Waals surface area contributed by atoms with Gasteiger partial charge in [-0.3, -0.25) is 14.9 Å². The lowest BCUT2D eigenvalue weighted by Gasteiger charge is -2.22. The summed E-state index contributed by atoms with van der Waals surface area (Å²) in [6.07, 6.45) is 6.00. The summed E-state index contributed by atoms with van der Waals surface area (Å²) in [7, 11) is 0. The normalized spacial score (nSPS) is 20.0. The Kier molecular flexibility index (Phi) is 3.29. The van der Waals surface area contributed by atoms with Gasteiger partial charge in [0.25, 0.3) is 0 Å². The van der Waals surface area contributed by atoms with E-state index >= 15 is 0 Å². The molecule has 1 atom stereocenters. The molecule has 0 radical (unpaired) electrons. The summed E-state index contributed by atoms with van der Waals surface area (Å²) in [5.74, 6) is 0.862. The summed E-state index contributed by atoms with van der Waals surface area (Å²) in [5.41, 5.74) is 3.03. The van der Waals surface area contributed by atoms with Crippen molar-refractivity contribution in [3.05, 3.63) is 41.3 Å². The molecular formula is C14H18N4O. The van der Waals surface area contributed by atoms with Gasteiger partial charge in [0.15, 0.2) is 0 Å². The molecule has 1 fully saturated rings. The largest absolute Gasteiger partial charge is 0.361 e. The minimum atomic E-state index is 0.351. The molecule has 0 unspecified atom stereocenters. The van der Waals surface area contributed by atoms with E-state index in [-0.39, 0.29) is 0 Å². The third-order valence-corrected chi connectivity index (χ3v) is 3.52. The molecule has 1 aliphatic rings. The highest BCUT2D eigenvalue weighted by atomic mass is 16.5. The second kappa shape index (κ2) is 5.09. The third kappa shape index (κ3) is 2.66. The minimum Gasteiger partial charge on any atom is -0.361 e. The molecule has 0 amide bonds. The zero-order valence-corrected chi connectivity index (χ0v) is 11.3. The van der Waals surface area contributed by atoms with Crippen molar-refractivity contribution in [3.8, 4) is 0 Å². The van der Waals surface area contributed by atoms with Crippen molar-refractivity contribution in [2.45, 2.75) is 39.3 Å². The van der Waals surface area contributed by atoms with E-state index < -0.39 is 0 Å². The lowest BCUT2D eigenvalue weighted by atomic mass is 10.1. The maximum atomic E-state index is 5.13. The van der Waals surface area contributed by atoms with Gasteiger partial charge in [-0.15, -0.1) is 0 Å². The van der Waals surface area contributed by atoms with Crippen LogP contribution in [0.1, 0.15) is 41.7 Å². The van der Waals surface area contributed by atoms with Gasteiger partial charge < -0.3 is 4.52 Å². The molecule has 2 aromatic heterocycles. The van der Waals surface area contributed by atoms with Crippen LogP contribution in [0.2, 0.25) is 0 Å². The summed E-state index contributed by atoms with van der Waals surface area (Å²) in [4.78, 5) is 11.3. The van der Waals surface area contributed by atoms with Crippen molar-refractivity contribution in [1.29, 1.82) is 0 Å². The first kappa shape index (κ1) is 12.3. The highest BCUT2D eigenvalue weighted by molar-refractivity contribution is 5.10. The second-order valence-corrected chi connectivity index (χ2v) is 5.14. The maximum Gasteiger partial charge on any atom is 0.133 e. The van der Waals surface area contributed by atoms with E-state index in [1.54, 1.807) is 6.20 Å². The summed E-state index contributed by atoms with van der Waals surface area (Å²) in [5, 5.41) is 4.07. The van der Waals surface area contributed by atoms with Crippen LogP contribution in [0, 0.1) is 13.8 Å². The quantitative estimate of drug-likeness (QED) is 0.846. The van der Waals surface area contributed by atoms with Gasteiger partial charge in [-0.1, -0.05) is 5.16 Å². The Hall–Kier alpha value is -1.75. The maximum absolute atomic E-state index is 5.13. The van der Waals surface area contributed by atoms with Gasteiger partial charge in [-0.25, -0.2) is 0 Å². The molecule has 0 spiro atoms. The Morgan fingerprint density at radius 2 is 2.26 bits per heavy atom. The molecule has 0 N–H and O–H groups in total. The Morgan fingerprint density at radius 1 is 1.37 bits per heavy atom. The molecule has 0 aromatic carbocycles. The van der Waals surface area contributed by atoms with E-state index in [0.29, 0.717) is 6.04 Å². The number of rotatable bonds is 3. The van der Waals surface area contributed by atoms with Crippen LogP contribution >= 0.6 is 0 Å². The smallest absolute Gasteiger partial charge is 0.133 e. The van der Waals surface area contributed by atoms with Gasteiger partial charge in [0, 0.05) is 25.0 Å². The van der Waals surface area contributed by atoms with Gasteiger partial charge in [-0.2, -0.15) is 0 Å². The fourth-order valence-electron chi connectivity index (χ4n) is 2.69. The van der Waals surface area contributed by atoms with E-state index in [9.17, 15) is 0 Å². The molecule has 1 saturated heterocycles. The first-order valence-corrected chi connectivity index (χ1v) is 6.67. The van der Waals surface area contributed by atoms with Gasteiger partial charge in [0.05, 0.1) is 23.1 Å². The average molecular weight is 258 g/mol. The van der Waals surface area contributed by atoms with E-state index in [1.165, 1.54) is 6.42 Å². The van der Waals surface area contributed by atoms with Crippen LogP contribution in [0.5, 0.6) is 0 Å². The number of aryl methyl sites for hydroxylation is 2. The van der Waals surface area contributed by atoms with Crippen molar-refractivity contribution in [3.63, 3.8) is 0 Å². The lowest BCUT2D eigenvalue weighted by Crippen LogP contribution is -2.23. The number of likely N-dealkylation sites (tertiary alicyclic amines) is 1. The standard InChI is InChI=1S/C14H18N4O/c1-10-7-15-8-13(16-10)14-4-3-5-18(14)9-12-6-11(2)19-17-12/h6-8,14H,3-5,9H2,1-2H3/t14-/m1/s1. The second-order valence-electron chi connectivity index (χ2n) is 5.14. The van der Waals surface area contributed by atoms with Crippen LogP contribution in [0.15, 0.2) is 23.0 Å². The SMILES string of the molecule is Cc1cncc([C@H]2CCCN2Cc2cc(C)on2)n1. The van der Waals surface area contributed by atoms with Gasteiger partial charge in [-0.05, 0) is 33.2 Å². The van der Waals surface area contributed by atoms with Gasteiger partial charge in [0.1, 0.15) is 5.76 Å². The zero-order valence-electron chi connectivity index (χ0n) is 11.3. The van der Waals surface area contributed by atoms with Gasteiger partial charge >= 0.3 is 0 Å². The summed E-state index contributed by atoms with van der Waals surface area (Å²) < 4.78 is 5.13. The average Bonchev–Trinajstić information content (AvgIpc) is 2.99. The Labute approximate surface area is 112 Å². The van der Waals surface area contributed by atoms with Crippen LogP contribution in [0.25, 0.3) is 0 Å². The molecule has 0 saturated carbocycles. The monoisotopic (exact) mass is 258 g/mol. The molecule has 0 bridgehead atoms. The molecule has 3 heterocycles. The molecule has 2 aromatic rings. The fraction of sp³-hybridized carbons (Fsp3) is 0.500. The molecule has 5 heteroatoms. The molecule has 1 aliphatic heterocycles. The highest BCUT2D eigenvalue weighted by Crippen LogP contribution is 2.31. The third-order valence-electron chi connectivity index (χ3n) is 3.52. The number of aromatic nitrogens is 3. The molecule has 0 aliphatic carbocycles. The van der Waals surface area contributed by atoms with Crippen LogP contribution in [0.3, 0.4) is 0 Å². The topological polar surface area (TPSA) is 55.1 Å². The highest BCUT2D eigenvalue weighted by Gasteiger charge is 2.28. The Morgan fingerprint density at radius 3 is 3.00 bits per heavy atom. The molecule has 19 heavy (non-hydrogen) atoms. The Bertz CT molecular complexity index is 566. The first-order chi connectivity index (χ1) is 9.22.